The molecular formula is C28H30F3N3O4. The van der Waals surface area contributed by atoms with Crippen LogP contribution in [0, 0.1) is 5.92 Å². The first-order valence-corrected chi connectivity index (χ1v) is 11.9. The molecule has 0 saturated heterocycles. The highest BCUT2D eigenvalue weighted by atomic mass is 19.4. The topological polar surface area (TPSA) is 87.7 Å². The molecule has 0 bridgehead atoms. The van der Waals surface area contributed by atoms with Crippen LogP contribution < -0.4 is 14.5 Å². The van der Waals surface area contributed by atoms with Gasteiger partial charge in [0.1, 0.15) is 12.0 Å². The van der Waals surface area contributed by atoms with Crippen molar-refractivity contribution in [3.8, 4) is 11.5 Å². The molecule has 0 fully saturated rings. The summed E-state index contributed by atoms with van der Waals surface area (Å²) in [5.74, 6) is 1.84. The van der Waals surface area contributed by atoms with Gasteiger partial charge in [0.05, 0.1) is 23.7 Å². The van der Waals surface area contributed by atoms with Crippen LogP contribution in [0.1, 0.15) is 30.5 Å². The van der Waals surface area contributed by atoms with E-state index in [1.807, 2.05) is 49.1 Å². The second-order valence-electron chi connectivity index (χ2n) is 8.93. The zero-order chi connectivity index (χ0) is 27.7. The van der Waals surface area contributed by atoms with Crippen LogP contribution in [0.15, 0.2) is 66.7 Å². The van der Waals surface area contributed by atoms with Gasteiger partial charge in [-0.25, -0.2) is 10.2 Å². The molecule has 3 aromatic carbocycles. The predicted octanol–water partition coefficient (Wildman–Crippen LogP) is 6.53. The number of fused-ring (bicyclic) bond motifs is 1. The van der Waals surface area contributed by atoms with Gasteiger partial charge in [-0.3, -0.25) is 0 Å². The summed E-state index contributed by atoms with van der Waals surface area (Å²) in [6.45, 7) is 4.63. The summed E-state index contributed by atoms with van der Waals surface area (Å²) in [4.78, 5) is 23.6. The lowest BCUT2D eigenvalue weighted by molar-refractivity contribution is -0.137. The Kier molecular flexibility index (Phi) is 9.72. The molecule has 0 saturated carbocycles. The molecule has 0 amide bonds. The van der Waals surface area contributed by atoms with Crippen molar-refractivity contribution < 1.29 is 32.8 Å². The molecule has 0 atom stereocenters. The number of ether oxygens (including phenoxy) is 1. The molecule has 1 heterocycles. The number of rotatable bonds is 9. The monoisotopic (exact) mass is 529 g/mol. The maximum atomic E-state index is 12.9. The lowest BCUT2D eigenvalue weighted by Gasteiger charge is -2.22. The first kappa shape index (κ1) is 28.5. The second kappa shape index (κ2) is 13.0. The van der Waals surface area contributed by atoms with Gasteiger partial charge < -0.3 is 24.3 Å². The van der Waals surface area contributed by atoms with E-state index in [0.717, 1.165) is 40.6 Å². The zero-order valence-electron chi connectivity index (χ0n) is 21.3. The van der Waals surface area contributed by atoms with E-state index in [1.54, 1.807) is 19.2 Å². The van der Waals surface area contributed by atoms with E-state index in [2.05, 4.69) is 14.9 Å². The van der Waals surface area contributed by atoms with Gasteiger partial charge in [-0.2, -0.15) is 13.2 Å². The minimum atomic E-state index is -4.37. The average Bonchev–Trinajstić information content (AvgIpc) is 3.34. The Balaban J connectivity index is 0.000000732. The van der Waals surface area contributed by atoms with Crippen LogP contribution in [0.2, 0.25) is 0 Å². The number of benzene rings is 3. The van der Waals surface area contributed by atoms with Crippen molar-refractivity contribution in [2.75, 3.05) is 18.6 Å². The van der Waals surface area contributed by atoms with Crippen molar-refractivity contribution in [3.05, 3.63) is 83.4 Å². The normalized spacial score (nSPS) is 11.2. The van der Waals surface area contributed by atoms with Gasteiger partial charge in [0, 0.05) is 25.1 Å². The smallest absolute Gasteiger partial charge is 0.416 e. The number of nitrogens with one attached hydrogen (secondary N) is 1. The quantitative estimate of drug-likeness (QED) is 0.146. The van der Waals surface area contributed by atoms with Gasteiger partial charge in [-0.05, 0) is 53.9 Å². The van der Waals surface area contributed by atoms with Gasteiger partial charge in [0.15, 0.2) is 5.75 Å². The van der Waals surface area contributed by atoms with Crippen LogP contribution in [0.4, 0.5) is 19.1 Å². The van der Waals surface area contributed by atoms with Crippen molar-refractivity contribution >= 4 is 23.3 Å². The number of carbonyl (C=O) groups excluding carboxylic acids is 1. The van der Waals surface area contributed by atoms with Gasteiger partial charge in [-0.1, -0.05) is 38.1 Å². The Labute approximate surface area is 218 Å². The molecule has 7 nitrogen and oxygen atoms in total. The fraction of sp³-hybridized carbons (Fsp3) is 0.286. The maximum absolute atomic E-state index is 12.9. The molecule has 0 aliphatic heterocycles. The molecule has 0 aliphatic carbocycles. The van der Waals surface area contributed by atoms with Crippen molar-refractivity contribution in [2.24, 2.45) is 5.92 Å². The number of aromatic nitrogens is 2. The lowest BCUT2D eigenvalue weighted by atomic mass is 10.1. The number of methoxy groups -OCH3 is 1. The number of nitrogens with zero attached hydrogens (tertiary/aromatic N) is 2. The summed E-state index contributed by atoms with van der Waals surface area (Å²) in [6.07, 6.45) is -2.81. The maximum Gasteiger partial charge on any atom is 0.416 e. The number of anilines is 1. The molecule has 10 heteroatoms. The highest BCUT2D eigenvalue weighted by molar-refractivity contribution is 5.79. The summed E-state index contributed by atoms with van der Waals surface area (Å²) < 4.78 is 44.1. The molecule has 0 radical (unpaired) electrons. The largest absolute Gasteiger partial charge is 0.497 e. The van der Waals surface area contributed by atoms with Crippen molar-refractivity contribution in [1.82, 2.24) is 9.97 Å². The number of imidazole rings is 1. The lowest BCUT2D eigenvalue weighted by Crippen LogP contribution is -2.26. The Morgan fingerprint density at radius 2 is 1.61 bits per heavy atom. The van der Waals surface area contributed by atoms with Gasteiger partial charge in [0.25, 0.3) is 0 Å². The van der Waals surface area contributed by atoms with Crippen LogP contribution >= 0.6 is 0 Å². The highest BCUT2D eigenvalue weighted by Gasteiger charge is 2.30. The van der Waals surface area contributed by atoms with Crippen LogP contribution in [-0.4, -0.2) is 35.2 Å². The number of hydrogen-bond acceptors (Lipinski definition) is 6. The third kappa shape index (κ3) is 7.97. The molecule has 0 spiro atoms. The SMILES string of the molecule is CC(C)C=O.COc1ccc2nc(N(CCc3ccc(OO)cc3)Cc3ccc(C(F)(F)F)cc3)[nH]c2c1. The Morgan fingerprint density at radius 3 is 2.16 bits per heavy atom. The van der Waals surface area contributed by atoms with E-state index < -0.39 is 11.7 Å². The van der Waals surface area contributed by atoms with Crippen LogP contribution in [0.5, 0.6) is 11.5 Å². The van der Waals surface area contributed by atoms with Crippen LogP contribution in [-0.2, 0) is 23.9 Å². The van der Waals surface area contributed by atoms with E-state index in [0.29, 0.717) is 37.0 Å². The first-order chi connectivity index (χ1) is 18.1. The molecule has 202 valence electrons. The summed E-state index contributed by atoms with van der Waals surface area (Å²) >= 11 is 0. The van der Waals surface area contributed by atoms with Crippen LogP contribution in [0.25, 0.3) is 11.0 Å². The molecule has 0 aliphatic rings. The minimum Gasteiger partial charge on any atom is -0.497 e. The van der Waals surface area contributed by atoms with E-state index >= 15 is 0 Å². The van der Waals surface area contributed by atoms with Gasteiger partial charge in [0.2, 0.25) is 5.95 Å². The first-order valence-electron chi connectivity index (χ1n) is 11.9. The number of H-pyrrole nitrogens is 1. The van der Waals surface area contributed by atoms with Gasteiger partial charge >= 0.3 is 6.18 Å². The highest BCUT2D eigenvalue weighted by Crippen LogP contribution is 2.30. The molecule has 4 aromatic rings. The molecule has 0 unspecified atom stereocenters. The summed E-state index contributed by atoms with van der Waals surface area (Å²) in [5, 5.41) is 8.74. The number of carbonyl (C=O) groups is 1. The van der Waals surface area contributed by atoms with Crippen molar-refractivity contribution in [1.29, 1.82) is 0 Å². The average molecular weight is 530 g/mol. The third-order valence-electron chi connectivity index (χ3n) is 5.60. The second-order valence-corrected chi connectivity index (χ2v) is 8.93. The zero-order valence-corrected chi connectivity index (χ0v) is 21.3. The summed E-state index contributed by atoms with van der Waals surface area (Å²) in [6, 6.07) is 17.6. The molecule has 1 aromatic heterocycles. The number of alkyl halides is 3. The number of halogens is 3. The van der Waals surface area contributed by atoms with E-state index in [1.165, 1.54) is 12.1 Å². The molecule has 2 N–H and O–H groups in total. The van der Waals surface area contributed by atoms with E-state index in [-0.39, 0.29) is 5.92 Å². The predicted molar refractivity (Wildman–Crippen MR) is 139 cm³/mol. The van der Waals surface area contributed by atoms with Gasteiger partial charge in [-0.15, -0.1) is 0 Å². The minimum absolute atomic E-state index is 0.204. The van der Waals surface area contributed by atoms with E-state index in [4.69, 9.17) is 9.99 Å². The summed E-state index contributed by atoms with van der Waals surface area (Å²) in [5.41, 5.74) is 2.61. The van der Waals surface area contributed by atoms with E-state index in [9.17, 15) is 18.0 Å². The number of aldehydes is 1. The fourth-order valence-corrected chi connectivity index (χ4v) is 3.51. The Bertz CT molecular complexity index is 1300. The molecule has 4 rings (SSSR count). The Morgan fingerprint density at radius 1 is 1.00 bits per heavy atom. The Hall–Kier alpha value is -4.05. The third-order valence-corrected chi connectivity index (χ3v) is 5.60. The van der Waals surface area contributed by atoms with Crippen LogP contribution in [0.3, 0.4) is 0 Å². The summed E-state index contributed by atoms with van der Waals surface area (Å²) in [7, 11) is 1.59. The molecule has 38 heavy (non-hydrogen) atoms. The number of aromatic amines is 1. The number of hydrogen-bond donors (Lipinski definition) is 2. The molecular weight excluding hydrogens is 499 g/mol. The fourth-order valence-electron chi connectivity index (χ4n) is 3.51. The van der Waals surface area contributed by atoms with Crippen molar-refractivity contribution in [3.63, 3.8) is 0 Å². The standard InChI is InChI=1S/C24H22F3N3O3.C4H8O/c1-32-20-10-11-21-22(14-20)29-23(28-21)30(13-12-16-4-8-19(33-31)9-5-16)15-17-2-6-18(7-3-17)24(25,26)27;1-4(2)3-5/h2-11,14,31H,12-13,15H2,1H3,(H,28,29);3-4H,1-2H3. The van der Waals surface area contributed by atoms with Crippen molar-refractivity contribution in [2.45, 2.75) is 33.0 Å².